The number of esters is 1. The van der Waals surface area contributed by atoms with E-state index >= 15 is 0 Å². The number of ether oxygens (including phenoxy) is 2. The van der Waals surface area contributed by atoms with Gasteiger partial charge in [-0.1, -0.05) is 12.1 Å². The maximum absolute atomic E-state index is 12.5. The minimum absolute atomic E-state index is 0.177. The Hall–Kier alpha value is -3.07. The van der Waals surface area contributed by atoms with E-state index in [2.05, 4.69) is 9.72 Å². The van der Waals surface area contributed by atoms with Gasteiger partial charge < -0.3 is 9.47 Å². The van der Waals surface area contributed by atoms with Crippen LogP contribution in [0.5, 0.6) is 5.75 Å². The highest BCUT2D eigenvalue weighted by Crippen LogP contribution is 2.24. The molecule has 1 aromatic carbocycles. The number of rotatable bonds is 7. The van der Waals surface area contributed by atoms with Gasteiger partial charge in [-0.15, -0.1) is 11.3 Å². The van der Waals surface area contributed by atoms with Crippen molar-refractivity contribution in [2.45, 2.75) is 20.5 Å². The number of halogens is 2. The van der Waals surface area contributed by atoms with Crippen molar-refractivity contribution in [2.24, 2.45) is 0 Å². The van der Waals surface area contributed by atoms with Crippen molar-refractivity contribution in [3.8, 4) is 10.9 Å². The van der Waals surface area contributed by atoms with Crippen LogP contribution in [0.3, 0.4) is 0 Å². The summed E-state index contributed by atoms with van der Waals surface area (Å²) in [6.45, 7) is 0.0146. The van der Waals surface area contributed by atoms with Crippen molar-refractivity contribution in [1.82, 2.24) is 9.55 Å². The predicted octanol–water partition coefficient (Wildman–Crippen LogP) is 4.19. The number of hydrogen-bond donors (Lipinski definition) is 0. The molecule has 0 aliphatic carbocycles. The minimum atomic E-state index is -3.08. The van der Waals surface area contributed by atoms with E-state index < -0.39 is 25.0 Å². The topological polar surface area (TPSA) is 70.4 Å². The fourth-order valence-corrected chi connectivity index (χ4v) is 3.54. The van der Waals surface area contributed by atoms with E-state index in [1.54, 1.807) is 19.2 Å². The van der Waals surface area contributed by atoms with Gasteiger partial charge in [0.1, 0.15) is 11.3 Å². The van der Waals surface area contributed by atoms with Crippen molar-refractivity contribution < 1.29 is 27.8 Å². The van der Waals surface area contributed by atoms with Crippen LogP contribution >= 0.6 is 11.3 Å². The van der Waals surface area contributed by atoms with Crippen LogP contribution in [-0.4, -0.2) is 34.5 Å². The number of nitrogens with zero attached hydrogens (tertiary/aromatic N) is 2. The zero-order valence-corrected chi connectivity index (χ0v) is 15.8. The van der Waals surface area contributed by atoms with Crippen LogP contribution in [0.1, 0.15) is 32.1 Å². The van der Waals surface area contributed by atoms with Crippen LogP contribution in [0, 0.1) is 13.8 Å². The monoisotopic (exact) mass is 406 g/mol. The smallest absolute Gasteiger partial charge is 0.387 e. The normalized spacial score (nSPS) is 10.9. The van der Waals surface area contributed by atoms with Crippen LogP contribution in [-0.2, 0) is 4.74 Å². The number of aryl methyl sites for hydroxylation is 1. The average molecular weight is 406 g/mol. The molecular weight excluding hydrogens is 390 g/mol. The molecule has 2 heterocycles. The summed E-state index contributed by atoms with van der Waals surface area (Å²) in [5.74, 6) is -1.63. The predicted molar refractivity (Wildman–Crippen MR) is 98.6 cm³/mol. The molecule has 0 unspecified atom stereocenters. The Morgan fingerprint density at radius 2 is 1.96 bits per heavy atom. The second-order valence-corrected chi connectivity index (χ2v) is 6.68. The summed E-state index contributed by atoms with van der Waals surface area (Å²) in [6, 6.07) is 7.15. The van der Waals surface area contributed by atoms with Gasteiger partial charge in [0.15, 0.2) is 11.7 Å². The third kappa shape index (κ3) is 4.09. The van der Waals surface area contributed by atoms with Gasteiger partial charge in [-0.05, 0) is 32.0 Å². The van der Waals surface area contributed by atoms with E-state index in [4.69, 9.17) is 4.74 Å². The number of alkyl halides is 2. The first-order chi connectivity index (χ1) is 13.4. The van der Waals surface area contributed by atoms with Gasteiger partial charge in [0.2, 0.25) is 5.78 Å². The Morgan fingerprint density at radius 3 is 2.64 bits per heavy atom. The van der Waals surface area contributed by atoms with Crippen LogP contribution in [0.15, 0.2) is 41.9 Å². The van der Waals surface area contributed by atoms with E-state index in [0.717, 1.165) is 10.8 Å². The Morgan fingerprint density at radius 1 is 1.21 bits per heavy atom. The Balaban J connectivity index is 1.73. The fourth-order valence-electron chi connectivity index (χ4n) is 2.79. The first-order valence-electron chi connectivity index (χ1n) is 8.21. The molecule has 0 saturated heterocycles. The molecule has 6 nitrogen and oxygen atoms in total. The molecule has 0 bridgehead atoms. The Bertz CT molecular complexity index is 1000. The highest BCUT2D eigenvalue weighted by molar-refractivity contribution is 7.12. The summed E-state index contributed by atoms with van der Waals surface area (Å²) in [7, 11) is 0. The molecule has 3 aromatic rings. The van der Waals surface area contributed by atoms with Crippen molar-refractivity contribution in [3.63, 3.8) is 0 Å². The van der Waals surface area contributed by atoms with Gasteiger partial charge in [-0.2, -0.15) is 8.78 Å². The molecule has 0 radical (unpaired) electrons. The maximum Gasteiger partial charge on any atom is 0.387 e. The van der Waals surface area contributed by atoms with Crippen LogP contribution < -0.4 is 4.74 Å². The molecule has 0 atom stereocenters. The maximum atomic E-state index is 12.5. The minimum Gasteiger partial charge on any atom is -0.454 e. The molecule has 0 fully saturated rings. The van der Waals surface area contributed by atoms with Crippen molar-refractivity contribution in [1.29, 1.82) is 0 Å². The zero-order valence-electron chi connectivity index (χ0n) is 15.0. The summed E-state index contributed by atoms with van der Waals surface area (Å²) in [5.41, 5.74) is 1.72. The lowest BCUT2D eigenvalue weighted by molar-refractivity contribution is -0.0504. The second-order valence-electron chi connectivity index (χ2n) is 5.81. The molecule has 146 valence electrons. The summed E-state index contributed by atoms with van der Waals surface area (Å²) in [4.78, 5) is 29.0. The highest BCUT2D eigenvalue weighted by Gasteiger charge is 2.21. The summed E-state index contributed by atoms with van der Waals surface area (Å²) in [5, 5.41) is 2.56. The molecule has 0 aliphatic rings. The molecule has 0 amide bonds. The summed E-state index contributed by atoms with van der Waals surface area (Å²) < 4.78 is 36.1. The van der Waals surface area contributed by atoms with E-state index in [1.807, 2.05) is 16.9 Å². The number of benzene rings is 1. The zero-order chi connectivity index (χ0) is 20.3. The van der Waals surface area contributed by atoms with Gasteiger partial charge in [0, 0.05) is 28.5 Å². The summed E-state index contributed by atoms with van der Waals surface area (Å²) in [6.07, 6.45) is 1.67. The number of Topliss-reactive ketones (excluding diaryl/α,β-unsaturated/α-hetero) is 1. The SMILES string of the molecule is Cc1cc(C(=O)COC(=O)c2ccccc2OC(F)F)c(C)n1-c1nccs1. The van der Waals surface area contributed by atoms with E-state index in [9.17, 15) is 18.4 Å². The standard InChI is InChI=1S/C19H16F2N2O4S/c1-11-9-14(12(2)23(11)19-22-7-8-28-19)15(24)10-26-17(25)13-5-3-4-6-16(13)27-18(20)21/h3-9,18H,10H2,1-2H3. The number of aromatic nitrogens is 2. The number of carbonyl (C=O) groups is 2. The lowest BCUT2D eigenvalue weighted by Crippen LogP contribution is -2.16. The molecule has 0 spiro atoms. The largest absolute Gasteiger partial charge is 0.454 e. The number of carbonyl (C=O) groups excluding carboxylic acids is 2. The quantitative estimate of drug-likeness (QED) is 0.435. The van der Waals surface area contributed by atoms with Crippen LogP contribution in [0.2, 0.25) is 0 Å². The van der Waals surface area contributed by atoms with E-state index in [0.29, 0.717) is 11.3 Å². The van der Waals surface area contributed by atoms with Gasteiger partial charge in [0.25, 0.3) is 0 Å². The molecule has 9 heteroatoms. The first-order valence-corrected chi connectivity index (χ1v) is 9.09. The number of ketones is 1. The van der Waals surface area contributed by atoms with Crippen molar-refractivity contribution >= 4 is 23.1 Å². The molecule has 2 aromatic heterocycles. The molecule has 0 N–H and O–H groups in total. The fraction of sp³-hybridized carbons (Fsp3) is 0.211. The van der Waals surface area contributed by atoms with Gasteiger partial charge >= 0.3 is 12.6 Å². The van der Waals surface area contributed by atoms with Crippen LogP contribution in [0.4, 0.5) is 8.78 Å². The third-order valence-electron chi connectivity index (χ3n) is 4.00. The second kappa shape index (κ2) is 8.30. The molecule has 0 saturated carbocycles. The van der Waals surface area contributed by atoms with Crippen molar-refractivity contribution in [3.05, 3.63) is 64.4 Å². The van der Waals surface area contributed by atoms with E-state index in [1.165, 1.54) is 35.6 Å². The highest BCUT2D eigenvalue weighted by atomic mass is 32.1. The van der Waals surface area contributed by atoms with Gasteiger partial charge in [-0.25, -0.2) is 9.78 Å². The lowest BCUT2D eigenvalue weighted by atomic mass is 10.1. The molecular formula is C19H16F2N2O4S. The lowest BCUT2D eigenvalue weighted by Gasteiger charge is -2.10. The number of hydrogen-bond acceptors (Lipinski definition) is 6. The Kier molecular flexibility index (Phi) is 5.84. The Labute approximate surface area is 163 Å². The van der Waals surface area contributed by atoms with Gasteiger partial charge in [-0.3, -0.25) is 9.36 Å². The number of para-hydroxylation sites is 1. The van der Waals surface area contributed by atoms with Gasteiger partial charge in [0.05, 0.1) is 0 Å². The summed E-state index contributed by atoms with van der Waals surface area (Å²) >= 11 is 1.43. The van der Waals surface area contributed by atoms with Crippen LogP contribution in [0.25, 0.3) is 5.13 Å². The van der Waals surface area contributed by atoms with Crippen molar-refractivity contribution in [2.75, 3.05) is 6.61 Å². The molecule has 0 aliphatic heterocycles. The molecule has 28 heavy (non-hydrogen) atoms. The molecule has 3 rings (SSSR count). The van der Waals surface area contributed by atoms with E-state index in [-0.39, 0.29) is 11.3 Å². The third-order valence-corrected chi connectivity index (χ3v) is 4.76. The first kappa shape index (κ1) is 19.7. The average Bonchev–Trinajstić information content (AvgIpc) is 3.27. The number of thiazole rings is 1.